The number of rotatable bonds is 5. The predicted octanol–water partition coefficient (Wildman–Crippen LogP) is 5.43. The van der Waals surface area contributed by atoms with Crippen molar-refractivity contribution < 1.29 is 14.3 Å². The number of carbonyl (C=O) groups excluding carboxylic acids is 2. The van der Waals surface area contributed by atoms with E-state index in [1.807, 2.05) is 24.3 Å². The number of amides is 1. The van der Waals surface area contributed by atoms with Gasteiger partial charge in [0.25, 0.3) is 0 Å². The van der Waals surface area contributed by atoms with Gasteiger partial charge in [-0.1, -0.05) is 78.0 Å². The SMILES string of the molecule is O=Cc1ccc(Cl)c(C#CCCNC(=O)OCC2c3ccccc3-c3ccccc32)c1. The lowest BCUT2D eigenvalue weighted by molar-refractivity contribution is 0.112. The predicted molar refractivity (Wildman–Crippen MR) is 121 cm³/mol. The number of hydrogen-bond donors (Lipinski definition) is 1. The molecule has 0 radical (unpaired) electrons. The molecule has 4 nitrogen and oxygen atoms in total. The molecule has 0 fully saturated rings. The fourth-order valence-electron chi connectivity index (χ4n) is 3.75. The van der Waals surface area contributed by atoms with Gasteiger partial charge in [0.1, 0.15) is 12.9 Å². The first-order valence-electron chi connectivity index (χ1n) is 10.00. The van der Waals surface area contributed by atoms with Crippen LogP contribution < -0.4 is 5.32 Å². The summed E-state index contributed by atoms with van der Waals surface area (Å²) in [6.45, 7) is 0.633. The third-order valence-corrected chi connectivity index (χ3v) is 5.54. The minimum absolute atomic E-state index is 0.0326. The van der Waals surface area contributed by atoms with Crippen LogP contribution in [0, 0.1) is 11.8 Å². The van der Waals surface area contributed by atoms with Crippen molar-refractivity contribution >= 4 is 24.0 Å². The van der Waals surface area contributed by atoms with Crippen LogP contribution in [0.1, 0.15) is 39.4 Å². The second kappa shape index (κ2) is 9.51. The topological polar surface area (TPSA) is 55.4 Å². The van der Waals surface area contributed by atoms with Crippen LogP contribution in [0.15, 0.2) is 66.7 Å². The van der Waals surface area contributed by atoms with E-state index in [-0.39, 0.29) is 12.5 Å². The van der Waals surface area contributed by atoms with Crippen molar-refractivity contribution in [3.63, 3.8) is 0 Å². The van der Waals surface area contributed by atoms with Crippen LogP contribution in [0.25, 0.3) is 11.1 Å². The third-order valence-electron chi connectivity index (χ3n) is 5.21. The summed E-state index contributed by atoms with van der Waals surface area (Å²) in [5.74, 6) is 5.91. The molecule has 0 unspecified atom stereocenters. The fourth-order valence-corrected chi connectivity index (χ4v) is 3.91. The van der Waals surface area contributed by atoms with Crippen LogP contribution in [-0.4, -0.2) is 25.5 Å². The average Bonchev–Trinajstić information content (AvgIpc) is 3.12. The number of benzene rings is 3. The van der Waals surface area contributed by atoms with E-state index in [2.05, 4.69) is 41.4 Å². The average molecular weight is 430 g/mol. The lowest BCUT2D eigenvalue weighted by atomic mass is 9.98. The molecule has 1 N–H and O–H groups in total. The van der Waals surface area contributed by atoms with Gasteiger partial charge in [-0.15, -0.1) is 0 Å². The van der Waals surface area contributed by atoms with Crippen LogP contribution in [0.3, 0.4) is 0 Å². The summed E-state index contributed by atoms with van der Waals surface area (Å²) in [5.41, 5.74) is 5.85. The number of carbonyl (C=O) groups is 2. The van der Waals surface area contributed by atoms with Crippen molar-refractivity contribution in [2.45, 2.75) is 12.3 Å². The van der Waals surface area contributed by atoms with Crippen LogP contribution in [0.2, 0.25) is 5.02 Å². The summed E-state index contributed by atoms with van der Waals surface area (Å²) in [4.78, 5) is 23.0. The van der Waals surface area contributed by atoms with E-state index in [0.717, 1.165) is 6.29 Å². The molecule has 0 bridgehead atoms. The molecule has 4 rings (SSSR count). The van der Waals surface area contributed by atoms with E-state index in [0.29, 0.717) is 29.1 Å². The molecular formula is C26H20ClNO3. The Morgan fingerprint density at radius 1 is 1.03 bits per heavy atom. The molecule has 0 heterocycles. The highest BCUT2D eigenvalue weighted by atomic mass is 35.5. The molecule has 0 saturated carbocycles. The van der Waals surface area contributed by atoms with E-state index < -0.39 is 6.09 Å². The highest BCUT2D eigenvalue weighted by Crippen LogP contribution is 2.44. The molecule has 0 atom stereocenters. The van der Waals surface area contributed by atoms with Crippen LogP contribution >= 0.6 is 11.6 Å². The Kier molecular flexibility index (Phi) is 6.35. The van der Waals surface area contributed by atoms with Crippen LogP contribution in [0.5, 0.6) is 0 Å². The zero-order chi connectivity index (χ0) is 21.6. The first kappa shape index (κ1) is 20.7. The number of hydrogen-bond acceptors (Lipinski definition) is 3. The van der Waals surface area contributed by atoms with Gasteiger partial charge in [-0.3, -0.25) is 4.79 Å². The third kappa shape index (κ3) is 4.63. The van der Waals surface area contributed by atoms with Gasteiger partial charge in [0.2, 0.25) is 0 Å². The summed E-state index contributed by atoms with van der Waals surface area (Å²) in [6, 6.07) is 21.4. The van der Waals surface area contributed by atoms with Gasteiger partial charge in [-0.2, -0.15) is 0 Å². The second-order valence-corrected chi connectivity index (χ2v) is 7.57. The van der Waals surface area contributed by atoms with Crippen molar-refractivity contribution in [1.82, 2.24) is 5.32 Å². The summed E-state index contributed by atoms with van der Waals surface area (Å²) in [7, 11) is 0. The first-order chi connectivity index (χ1) is 15.2. The molecule has 3 aromatic rings. The highest BCUT2D eigenvalue weighted by molar-refractivity contribution is 6.31. The highest BCUT2D eigenvalue weighted by Gasteiger charge is 2.28. The molecule has 1 amide bonds. The standard InChI is InChI=1S/C26H20ClNO3/c27-25-13-12-18(16-29)15-19(25)7-5-6-14-28-26(30)31-17-24-22-10-3-1-8-20(22)21-9-2-4-11-23(21)24/h1-4,8-13,15-16,24H,6,14,17H2,(H,28,30). The molecular weight excluding hydrogens is 410 g/mol. The molecule has 154 valence electrons. The van der Waals surface area contributed by atoms with Crippen molar-refractivity contribution in [3.05, 3.63) is 94.0 Å². The summed E-state index contributed by atoms with van der Waals surface area (Å²) >= 11 is 6.08. The number of fused-ring (bicyclic) bond motifs is 3. The minimum Gasteiger partial charge on any atom is -0.449 e. The van der Waals surface area contributed by atoms with E-state index in [4.69, 9.17) is 16.3 Å². The second-order valence-electron chi connectivity index (χ2n) is 7.16. The van der Waals surface area contributed by atoms with E-state index >= 15 is 0 Å². The van der Waals surface area contributed by atoms with E-state index in [1.165, 1.54) is 22.3 Å². The monoisotopic (exact) mass is 429 g/mol. The molecule has 5 heteroatoms. The fraction of sp³-hybridized carbons (Fsp3) is 0.154. The van der Waals surface area contributed by atoms with Gasteiger partial charge in [0.05, 0.1) is 5.02 Å². The smallest absolute Gasteiger partial charge is 0.407 e. The van der Waals surface area contributed by atoms with Gasteiger partial charge in [0, 0.05) is 30.0 Å². The zero-order valence-corrected chi connectivity index (χ0v) is 17.5. The van der Waals surface area contributed by atoms with Crippen molar-refractivity contribution in [1.29, 1.82) is 0 Å². The molecule has 0 aromatic heterocycles. The Labute approximate surface area is 186 Å². The molecule has 0 spiro atoms. The first-order valence-corrected chi connectivity index (χ1v) is 10.4. The Morgan fingerprint density at radius 3 is 2.39 bits per heavy atom. The molecule has 1 aliphatic rings. The number of halogens is 1. The Hall–Kier alpha value is -3.55. The number of alkyl carbamates (subject to hydrolysis) is 1. The van der Waals surface area contributed by atoms with Crippen LogP contribution in [0.4, 0.5) is 4.79 Å². The van der Waals surface area contributed by atoms with Crippen LogP contribution in [-0.2, 0) is 4.74 Å². The zero-order valence-electron chi connectivity index (χ0n) is 16.7. The minimum atomic E-state index is -0.468. The normalized spacial score (nSPS) is 11.6. The van der Waals surface area contributed by atoms with Gasteiger partial charge >= 0.3 is 6.09 Å². The number of ether oxygens (including phenoxy) is 1. The van der Waals surface area contributed by atoms with Gasteiger partial charge < -0.3 is 10.1 Å². The molecule has 0 aliphatic heterocycles. The Morgan fingerprint density at radius 2 is 1.71 bits per heavy atom. The summed E-state index contributed by atoms with van der Waals surface area (Å²) in [5, 5.41) is 3.21. The van der Waals surface area contributed by atoms with E-state index in [1.54, 1.807) is 18.2 Å². The lowest BCUT2D eigenvalue weighted by Gasteiger charge is -2.14. The van der Waals surface area contributed by atoms with Crippen molar-refractivity contribution in [2.24, 2.45) is 0 Å². The van der Waals surface area contributed by atoms with Crippen molar-refractivity contribution in [2.75, 3.05) is 13.2 Å². The quantitative estimate of drug-likeness (QED) is 0.334. The van der Waals surface area contributed by atoms with Gasteiger partial charge in [0.15, 0.2) is 0 Å². The molecule has 0 saturated heterocycles. The lowest BCUT2D eigenvalue weighted by Crippen LogP contribution is -2.26. The Balaban J connectivity index is 1.30. The summed E-state index contributed by atoms with van der Waals surface area (Å²) in [6.07, 6.45) is 0.719. The largest absolute Gasteiger partial charge is 0.449 e. The molecule has 3 aromatic carbocycles. The summed E-state index contributed by atoms with van der Waals surface area (Å²) < 4.78 is 5.50. The van der Waals surface area contributed by atoms with E-state index in [9.17, 15) is 9.59 Å². The Bertz CT molecular complexity index is 1150. The molecule has 1 aliphatic carbocycles. The maximum atomic E-state index is 12.2. The van der Waals surface area contributed by atoms with Gasteiger partial charge in [-0.25, -0.2) is 4.79 Å². The number of aldehydes is 1. The maximum absolute atomic E-state index is 12.2. The number of nitrogens with one attached hydrogen (secondary N) is 1. The maximum Gasteiger partial charge on any atom is 0.407 e. The van der Waals surface area contributed by atoms with Crippen molar-refractivity contribution in [3.8, 4) is 23.0 Å². The molecule has 31 heavy (non-hydrogen) atoms. The van der Waals surface area contributed by atoms with Gasteiger partial charge in [-0.05, 0) is 34.4 Å².